The number of rotatable bonds is 3. The maximum absolute atomic E-state index is 6.55. The minimum atomic E-state index is -0.213. The zero-order valence-electron chi connectivity index (χ0n) is 21.5. The van der Waals surface area contributed by atoms with Gasteiger partial charge in [-0.3, -0.25) is 0 Å². The van der Waals surface area contributed by atoms with Crippen LogP contribution in [0.4, 0.5) is 22.9 Å². The lowest BCUT2D eigenvalue weighted by Gasteiger charge is -2.40. The third-order valence-electron chi connectivity index (χ3n) is 7.08. The minimum absolute atomic E-state index is 0.213. The lowest BCUT2D eigenvalue weighted by molar-refractivity contribution is 0.815. The first-order chi connectivity index (χ1) is 19.1. The van der Waals surface area contributed by atoms with Crippen molar-refractivity contribution in [2.24, 2.45) is 9.98 Å². The quantitative estimate of drug-likeness (QED) is 0.258. The molecule has 2 aliphatic heterocycles. The SMILES string of the molecule is Cc1cccc(NC2=Nc3ccccc3N3C2=Nc2c(c(C)nn2-c2ccccc2)[C@H]3c2cccc(Cl)c2)c1. The fraction of sp³-hybridized carbons (Fsp3) is 0.0938. The van der Waals surface area contributed by atoms with Crippen LogP contribution in [0.2, 0.25) is 5.02 Å². The first kappa shape index (κ1) is 23.4. The normalized spacial score (nSPS) is 15.6. The van der Waals surface area contributed by atoms with Crippen molar-refractivity contribution >= 4 is 46.2 Å². The number of benzene rings is 4. The van der Waals surface area contributed by atoms with Gasteiger partial charge in [-0.2, -0.15) is 5.10 Å². The number of halogens is 1. The molecule has 0 saturated heterocycles. The third-order valence-corrected chi connectivity index (χ3v) is 7.32. The molecule has 1 atom stereocenters. The van der Waals surface area contributed by atoms with Gasteiger partial charge in [-0.1, -0.05) is 66.2 Å². The van der Waals surface area contributed by atoms with E-state index in [2.05, 4.69) is 41.4 Å². The Balaban J connectivity index is 1.51. The van der Waals surface area contributed by atoms with Crippen molar-refractivity contribution in [3.05, 3.63) is 131 Å². The van der Waals surface area contributed by atoms with Gasteiger partial charge in [-0.05, 0) is 73.5 Å². The summed E-state index contributed by atoms with van der Waals surface area (Å²) in [6, 6.07) is 34.4. The largest absolute Gasteiger partial charge is 0.337 e. The molecule has 0 bridgehead atoms. The number of amidine groups is 2. The van der Waals surface area contributed by atoms with E-state index in [9.17, 15) is 0 Å². The molecule has 0 amide bonds. The second-order valence-electron chi connectivity index (χ2n) is 9.78. The van der Waals surface area contributed by atoms with Crippen LogP contribution in [-0.4, -0.2) is 21.5 Å². The molecule has 0 radical (unpaired) electrons. The Hall–Kier alpha value is -4.68. The molecule has 0 unspecified atom stereocenters. The van der Waals surface area contributed by atoms with Crippen LogP contribution in [0.3, 0.4) is 0 Å². The van der Waals surface area contributed by atoms with E-state index in [1.807, 2.05) is 90.5 Å². The molecule has 6 nitrogen and oxygen atoms in total. The molecule has 2 aliphatic rings. The first-order valence-electron chi connectivity index (χ1n) is 12.9. The van der Waals surface area contributed by atoms with Gasteiger partial charge in [-0.15, -0.1) is 0 Å². The number of aliphatic imine (C=N–C) groups is 2. The van der Waals surface area contributed by atoms with Gasteiger partial charge in [-0.25, -0.2) is 14.7 Å². The molecule has 7 heteroatoms. The molecule has 0 spiro atoms. The van der Waals surface area contributed by atoms with Gasteiger partial charge < -0.3 is 10.2 Å². The van der Waals surface area contributed by atoms with E-state index in [1.165, 1.54) is 0 Å². The number of nitrogens with zero attached hydrogens (tertiary/aromatic N) is 5. The van der Waals surface area contributed by atoms with E-state index in [-0.39, 0.29) is 6.04 Å². The molecule has 0 fully saturated rings. The fourth-order valence-electron chi connectivity index (χ4n) is 5.40. The van der Waals surface area contributed by atoms with Crippen LogP contribution in [0.5, 0.6) is 0 Å². The summed E-state index contributed by atoms with van der Waals surface area (Å²) in [5.74, 6) is 2.19. The van der Waals surface area contributed by atoms with E-state index in [1.54, 1.807) is 0 Å². The predicted octanol–water partition coefficient (Wildman–Crippen LogP) is 7.94. The summed E-state index contributed by atoms with van der Waals surface area (Å²) in [5.41, 5.74) is 7.92. The second-order valence-corrected chi connectivity index (χ2v) is 10.2. The van der Waals surface area contributed by atoms with Crippen molar-refractivity contribution in [2.45, 2.75) is 19.9 Å². The van der Waals surface area contributed by atoms with Crippen LogP contribution in [0, 0.1) is 13.8 Å². The highest BCUT2D eigenvalue weighted by Gasteiger charge is 2.41. The fourth-order valence-corrected chi connectivity index (χ4v) is 5.60. The average molecular weight is 529 g/mol. The topological polar surface area (TPSA) is 57.8 Å². The summed E-state index contributed by atoms with van der Waals surface area (Å²) in [7, 11) is 0. The molecule has 5 aromatic rings. The van der Waals surface area contributed by atoms with Gasteiger partial charge in [0.2, 0.25) is 0 Å². The van der Waals surface area contributed by atoms with Gasteiger partial charge in [0.05, 0.1) is 28.8 Å². The molecule has 39 heavy (non-hydrogen) atoms. The molecule has 7 rings (SSSR count). The van der Waals surface area contributed by atoms with Crippen LogP contribution in [0.25, 0.3) is 5.69 Å². The number of anilines is 2. The standard InChI is InChI=1S/C32H25ClN6/c1-20-10-8-13-24(18-20)34-30-32-36-31-28(21(2)37-39(31)25-14-4-3-5-15-25)29(22-11-9-12-23(33)19-22)38(32)27-17-7-6-16-26(27)35-30/h3-19,29H,1-2H3,(H,34,35)/t29-/m1/s1. The number of hydrogen-bond acceptors (Lipinski definition) is 5. The molecule has 3 heterocycles. The molecule has 0 aliphatic carbocycles. The van der Waals surface area contributed by atoms with Gasteiger partial charge in [0.25, 0.3) is 0 Å². The number of aryl methyl sites for hydroxylation is 2. The Morgan fingerprint density at radius 2 is 1.59 bits per heavy atom. The second kappa shape index (κ2) is 9.26. The Bertz CT molecular complexity index is 1790. The zero-order chi connectivity index (χ0) is 26.5. The highest BCUT2D eigenvalue weighted by Crippen LogP contribution is 2.48. The highest BCUT2D eigenvalue weighted by molar-refractivity contribution is 6.51. The monoisotopic (exact) mass is 528 g/mol. The minimum Gasteiger partial charge on any atom is -0.337 e. The highest BCUT2D eigenvalue weighted by atomic mass is 35.5. The van der Waals surface area contributed by atoms with E-state index in [0.29, 0.717) is 10.9 Å². The molecule has 4 aromatic carbocycles. The van der Waals surface area contributed by atoms with E-state index in [0.717, 1.165) is 56.8 Å². The summed E-state index contributed by atoms with van der Waals surface area (Å²) in [4.78, 5) is 12.6. The van der Waals surface area contributed by atoms with Crippen LogP contribution in [-0.2, 0) is 0 Å². The average Bonchev–Trinajstić information content (AvgIpc) is 3.28. The smallest absolute Gasteiger partial charge is 0.179 e. The van der Waals surface area contributed by atoms with Crippen molar-refractivity contribution in [2.75, 3.05) is 10.2 Å². The first-order valence-corrected chi connectivity index (χ1v) is 13.2. The predicted molar refractivity (Wildman–Crippen MR) is 160 cm³/mol. The van der Waals surface area contributed by atoms with E-state index in [4.69, 9.17) is 26.7 Å². The Morgan fingerprint density at radius 3 is 2.41 bits per heavy atom. The zero-order valence-corrected chi connectivity index (χ0v) is 22.3. The van der Waals surface area contributed by atoms with Crippen LogP contribution < -0.4 is 10.2 Å². The van der Waals surface area contributed by atoms with Crippen LogP contribution in [0.15, 0.2) is 113 Å². The maximum Gasteiger partial charge on any atom is 0.179 e. The van der Waals surface area contributed by atoms with E-state index >= 15 is 0 Å². The lowest BCUT2D eigenvalue weighted by Crippen LogP contribution is -2.46. The Morgan fingerprint density at radius 1 is 0.795 bits per heavy atom. The summed E-state index contributed by atoms with van der Waals surface area (Å²) >= 11 is 6.55. The van der Waals surface area contributed by atoms with Gasteiger partial charge in [0.15, 0.2) is 17.5 Å². The Labute approximate surface area is 231 Å². The maximum atomic E-state index is 6.55. The van der Waals surface area contributed by atoms with Crippen molar-refractivity contribution < 1.29 is 0 Å². The number of fused-ring (bicyclic) bond motifs is 4. The van der Waals surface area contributed by atoms with Crippen molar-refractivity contribution in [3.8, 4) is 5.69 Å². The molecule has 1 N–H and O–H groups in total. The molecule has 0 saturated carbocycles. The molecular weight excluding hydrogens is 504 g/mol. The Kier molecular flexibility index (Phi) is 5.56. The summed E-state index contributed by atoms with van der Waals surface area (Å²) in [6.07, 6.45) is 0. The number of aromatic nitrogens is 2. The van der Waals surface area contributed by atoms with Gasteiger partial charge in [0, 0.05) is 16.3 Å². The summed E-state index contributed by atoms with van der Waals surface area (Å²) in [6.45, 7) is 4.13. The number of nitrogens with one attached hydrogen (secondary N) is 1. The number of para-hydroxylation sites is 3. The number of hydrogen-bond donors (Lipinski definition) is 1. The van der Waals surface area contributed by atoms with E-state index < -0.39 is 0 Å². The summed E-state index contributed by atoms with van der Waals surface area (Å²) in [5, 5.41) is 9.23. The van der Waals surface area contributed by atoms with Crippen LogP contribution in [0.1, 0.15) is 28.4 Å². The third kappa shape index (κ3) is 4.01. The van der Waals surface area contributed by atoms with Crippen LogP contribution >= 0.6 is 11.6 Å². The summed E-state index contributed by atoms with van der Waals surface area (Å²) < 4.78 is 1.93. The van der Waals surface area contributed by atoms with Gasteiger partial charge in [0.1, 0.15) is 0 Å². The molecular formula is C32H25ClN6. The molecule has 1 aromatic heterocycles. The van der Waals surface area contributed by atoms with Gasteiger partial charge >= 0.3 is 0 Å². The van der Waals surface area contributed by atoms with Crippen molar-refractivity contribution in [1.29, 1.82) is 0 Å². The van der Waals surface area contributed by atoms with Crippen molar-refractivity contribution in [1.82, 2.24) is 9.78 Å². The molecule has 190 valence electrons. The van der Waals surface area contributed by atoms with Crippen molar-refractivity contribution in [3.63, 3.8) is 0 Å². The lowest BCUT2D eigenvalue weighted by atomic mass is 9.93.